The van der Waals surface area contributed by atoms with E-state index >= 15 is 0 Å². The van der Waals surface area contributed by atoms with Crippen molar-refractivity contribution >= 4 is 17.3 Å². The topological polar surface area (TPSA) is 69.7 Å². The maximum atomic E-state index is 13.8. The van der Waals surface area contributed by atoms with E-state index in [0.717, 1.165) is 6.42 Å². The van der Waals surface area contributed by atoms with Crippen molar-refractivity contribution in [2.24, 2.45) is 39.9 Å². The fourth-order valence-electron chi connectivity index (χ4n) is 8.14. The summed E-state index contributed by atoms with van der Waals surface area (Å²) in [6, 6.07) is 0. The lowest BCUT2D eigenvalue weighted by atomic mass is 9.39. The molecule has 2 bridgehead atoms. The van der Waals surface area contributed by atoms with E-state index in [1.165, 1.54) is 0 Å². The first-order valence-corrected chi connectivity index (χ1v) is 10.8. The highest BCUT2D eigenvalue weighted by Gasteiger charge is 2.81. The molecule has 1 heterocycles. The van der Waals surface area contributed by atoms with Crippen LogP contribution in [0, 0.1) is 39.9 Å². The molecule has 1 spiro atoms. The third kappa shape index (κ3) is 1.89. The van der Waals surface area contributed by atoms with Gasteiger partial charge in [-0.25, -0.2) is 0 Å². The van der Waals surface area contributed by atoms with Crippen LogP contribution >= 0.6 is 0 Å². The Balaban J connectivity index is 1.78. The van der Waals surface area contributed by atoms with Crippen molar-refractivity contribution in [1.82, 2.24) is 0 Å². The highest BCUT2D eigenvalue weighted by Crippen LogP contribution is 2.72. The number of hydrogen-bond acceptors (Lipinski definition) is 5. The molecule has 1 aliphatic heterocycles. The quantitative estimate of drug-likeness (QED) is 0.637. The summed E-state index contributed by atoms with van der Waals surface area (Å²) in [5, 5.41) is 0. The molecule has 28 heavy (non-hydrogen) atoms. The average Bonchev–Trinajstić information content (AvgIpc) is 2.72. The van der Waals surface area contributed by atoms with Gasteiger partial charge >= 0.3 is 0 Å². The first-order chi connectivity index (χ1) is 12.9. The van der Waals surface area contributed by atoms with Gasteiger partial charge < -0.3 is 9.47 Å². The molecule has 5 heteroatoms. The van der Waals surface area contributed by atoms with E-state index < -0.39 is 22.5 Å². The fourth-order valence-corrected chi connectivity index (χ4v) is 8.14. The Hall–Kier alpha value is -1.07. The fraction of sp³-hybridized carbons (Fsp3) is 0.870. The van der Waals surface area contributed by atoms with E-state index in [9.17, 15) is 14.4 Å². The maximum Gasteiger partial charge on any atom is 0.163 e. The van der Waals surface area contributed by atoms with E-state index in [-0.39, 0.29) is 52.7 Å². The van der Waals surface area contributed by atoms with Gasteiger partial charge in [0.1, 0.15) is 17.3 Å². The lowest BCUT2D eigenvalue weighted by Gasteiger charge is -2.67. The number of Topliss-reactive ketones (excluding diaryl/α,β-unsaturated/α-hetero) is 3. The minimum Gasteiger partial charge on any atom is -0.346 e. The summed E-state index contributed by atoms with van der Waals surface area (Å²) in [5.41, 5.74) is -1.88. The molecule has 0 aromatic heterocycles. The van der Waals surface area contributed by atoms with E-state index in [1.807, 2.05) is 27.7 Å². The molecule has 0 aromatic carbocycles. The Morgan fingerprint density at radius 3 is 2.36 bits per heavy atom. The third-order valence-electron chi connectivity index (χ3n) is 9.26. The molecule has 5 nitrogen and oxygen atoms in total. The van der Waals surface area contributed by atoms with Crippen molar-refractivity contribution in [3.63, 3.8) is 0 Å². The van der Waals surface area contributed by atoms with Crippen molar-refractivity contribution < 1.29 is 23.9 Å². The van der Waals surface area contributed by atoms with Gasteiger partial charge in [-0.1, -0.05) is 27.7 Å². The second kappa shape index (κ2) is 5.15. The normalized spacial score (nSPS) is 53.6. The van der Waals surface area contributed by atoms with Gasteiger partial charge in [-0.2, -0.15) is 0 Å². The van der Waals surface area contributed by atoms with Gasteiger partial charge in [-0.15, -0.1) is 0 Å². The van der Waals surface area contributed by atoms with Crippen LogP contribution in [0.3, 0.4) is 0 Å². The maximum absolute atomic E-state index is 13.8. The van der Waals surface area contributed by atoms with Crippen LogP contribution in [0.15, 0.2) is 0 Å². The van der Waals surface area contributed by atoms with Crippen LogP contribution < -0.4 is 0 Å². The predicted octanol–water partition coefficient (Wildman–Crippen LogP) is 3.33. The molecule has 0 amide bonds. The molecule has 154 valence electrons. The van der Waals surface area contributed by atoms with Crippen LogP contribution in [0.4, 0.5) is 0 Å². The molecule has 5 rings (SSSR count). The predicted molar refractivity (Wildman–Crippen MR) is 101 cm³/mol. The molecular formula is C23H32O5. The molecule has 0 radical (unpaired) electrons. The van der Waals surface area contributed by atoms with Crippen molar-refractivity contribution in [2.45, 2.75) is 85.2 Å². The van der Waals surface area contributed by atoms with Gasteiger partial charge in [0, 0.05) is 36.0 Å². The highest BCUT2D eigenvalue weighted by molar-refractivity contribution is 6.04. The van der Waals surface area contributed by atoms with E-state index in [4.69, 9.17) is 9.47 Å². The molecule has 4 aliphatic carbocycles. The molecule has 0 aromatic rings. The third-order valence-corrected chi connectivity index (χ3v) is 9.26. The number of hydrogen-bond donors (Lipinski definition) is 0. The molecule has 4 saturated carbocycles. The summed E-state index contributed by atoms with van der Waals surface area (Å²) in [6.07, 6.45) is 1.59. The Kier molecular flexibility index (Phi) is 3.48. The van der Waals surface area contributed by atoms with Crippen LogP contribution in [0.2, 0.25) is 0 Å². The Morgan fingerprint density at radius 1 is 1.00 bits per heavy atom. The van der Waals surface area contributed by atoms with Gasteiger partial charge in [0.15, 0.2) is 5.79 Å². The zero-order valence-electron chi connectivity index (χ0n) is 17.8. The standard InChI is InChI=1S/C23H32O5/c1-11-12-9-13(24)17-22(6)14(20(2,3)8-7-15(22)25)10-16-23(17,18(11)26)19(12)28-21(4,5)27-16/h11-12,14,16-17,19H,7-10H2,1-6H3/t11-,12+,14-,16+,17-,19+,22-,23-/m0/s1. The molecule has 0 unspecified atom stereocenters. The van der Waals surface area contributed by atoms with Crippen LogP contribution in [-0.2, 0) is 23.9 Å². The lowest BCUT2D eigenvalue weighted by Crippen LogP contribution is -2.75. The monoisotopic (exact) mass is 388 g/mol. The smallest absolute Gasteiger partial charge is 0.163 e. The zero-order valence-corrected chi connectivity index (χ0v) is 17.8. The van der Waals surface area contributed by atoms with Crippen molar-refractivity contribution in [3.8, 4) is 0 Å². The molecule has 5 fully saturated rings. The molecule has 0 N–H and O–H groups in total. The van der Waals surface area contributed by atoms with E-state index in [0.29, 0.717) is 19.3 Å². The minimum absolute atomic E-state index is 0.0284. The van der Waals surface area contributed by atoms with Crippen molar-refractivity contribution in [2.75, 3.05) is 0 Å². The van der Waals surface area contributed by atoms with E-state index in [2.05, 4.69) is 13.8 Å². The first-order valence-electron chi connectivity index (χ1n) is 10.8. The van der Waals surface area contributed by atoms with E-state index in [1.54, 1.807) is 0 Å². The molecule has 5 aliphatic rings. The van der Waals surface area contributed by atoms with Crippen molar-refractivity contribution in [3.05, 3.63) is 0 Å². The van der Waals surface area contributed by atoms with Crippen molar-refractivity contribution in [1.29, 1.82) is 0 Å². The zero-order chi connectivity index (χ0) is 20.4. The second-order valence-corrected chi connectivity index (χ2v) is 11.4. The number of fused-ring (bicyclic) bond motifs is 2. The minimum atomic E-state index is -0.997. The first kappa shape index (κ1) is 18.9. The Morgan fingerprint density at radius 2 is 1.68 bits per heavy atom. The van der Waals surface area contributed by atoms with Gasteiger partial charge in [0.05, 0.1) is 17.6 Å². The van der Waals surface area contributed by atoms with Crippen LogP contribution in [0.25, 0.3) is 0 Å². The highest BCUT2D eigenvalue weighted by atomic mass is 16.7. The summed E-state index contributed by atoms with van der Waals surface area (Å²) >= 11 is 0. The Labute approximate surface area is 166 Å². The summed E-state index contributed by atoms with van der Waals surface area (Å²) < 4.78 is 12.8. The van der Waals surface area contributed by atoms with Crippen LogP contribution in [-0.4, -0.2) is 35.3 Å². The molecule has 8 atom stereocenters. The van der Waals surface area contributed by atoms with Crippen LogP contribution in [0.1, 0.15) is 67.2 Å². The summed E-state index contributed by atoms with van der Waals surface area (Å²) in [5.74, 6) is -1.39. The van der Waals surface area contributed by atoms with Gasteiger partial charge in [-0.3, -0.25) is 14.4 Å². The van der Waals surface area contributed by atoms with Gasteiger partial charge in [0.25, 0.3) is 0 Å². The summed E-state index contributed by atoms with van der Waals surface area (Å²) in [4.78, 5) is 40.7. The second-order valence-electron chi connectivity index (χ2n) is 11.4. The Bertz CT molecular complexity index is 797. The number of carbonyl (C=O) groups excluding carboxylic acids is 3. The number of ether oxygens (including phenoxy) is 2. The molecule has 1 saturated heterocycles. The van der Waals surface area contributed by atoms with Crippen LogP contribution in [0.5, 0.6) is 0 Å². The number of rotatable bonds is 0. The lowest BCUT2D eigenvalue weighted by molar-refractivity contribution is -0.370. The average molecular weight is 389 g/mol. The van der Waals surface area contributed by atoms with Gasteiger partial charge in [0.2, 0.25) is 0 Å². The summed E-state index contributed by atoms with van der Waals surface area (Å²) in [7, 11) is 0. The number of ketones is 3. The summed E-state index contributed by atoms with van der Waals surface area (Å²) in [6.45, 7) is 12.1. The number of carbonyl (C=O) groups is 3. The largest absolute Gasteiger partial charge is 0.346 e. The molecular weight excluding hydrogens is 356 g/mol. The SMILES string of the molecule is C[C@@H]1C(=O)[C@]23[C@@H]4OC(C)(C)O[C@@H]2C[C@H]2C(C)(C)CCC(=O)[C@@]2(C)[C@@H]3C(=O)C[C@H]14. The van der Waals surface area contributed by atoms with Gasteiger partial charge in [-0.05, 0) is 38.0 Å².